The Balaban J connectivity index is 2.03. The lowest BCUT2D eigenvalue weighted by Gasteiger charge is -2.14. The SMILES string of the molecule is CN(CCc1ccc2[nH]c(=O)[nH]c2c1)CC(N)=O. The first-order valence-corrected chi connectivity index (χ1v) is 5.72. The topological polar surface area (TPSA) is 95.0 Å². The highest BCUT2D eigenvalue weighted by molar-refractivity contribution is 5.76. The number of benzene rings is 1. The first-order valence-electron chi connectivity index (χ1n) is 5.72. The van der Waals surface area contributed by atoms with E-state index in [4.69, 9.17) is 5.73 Å². The first kappa shape index (κ1) is 12.4. The van der Waals surface area contributed by atoms with Gasteiger partial charge in [-0.05, 0) is 31.2 Å². The van der Waals surface area contributed by atoms with E-state index in [2.05, 4.69) is 9.97 Å². The van der Waals surface area contributed by atoms with E-state index in [1.165, 1.54) is 0 Å². The number of carbonyl (C=O) groups is 1. The molecule has 18 heavy (non-hydrogen) atoms. The monoisotopic (exact) mass is 248 g/mol. The Labute approximate surface area is 104 Å². The molecule has 1 aromatic heterocycles. The summed E-state index contributed by atoms with van der Waals surface area (Å²) in [6, 6.07) is 5.77. The van der Waals surface area contributed by atoms with Gasteiger partial charge in [-0.3, -0.25) is 9.69 Å². The van der Waals surface area contributed by atoms with Gasteiger partial charge in [0.05, 0.1) is 17.6 Å². The van der Waals surface area contributed by atoms with Crippen LogP contribution in [0.4, 0.5) is 0 Å². The number of amides is 1. The Morgan fingerprint density at radius 3 is 2.78 bits per heavy atom. The molecular formula is C12H16N4O2. The molecule has 2 rings (SSSR count). The number of imidazole rings is 1. The number of carbonyl (C=O) groups excluding carboxylic acids is 1. The highest BCUT2D eigenvalue weighted by atomic mass is 16.1. The molecule has 4 N–H and O–H groups in total. The van der Waals surface area contributed by atoms with E-state index in [1.807, 2.05) is 30.1 Å². The van der Waals surface area contributed by atoms with E-state index in [0.717, 1.165) is 29.6 Å². The van der Waals surface area contributed by atoms with Crippen LogP contribution in [0.3, 0.4) is 0 Å². The average Bonchev–Trinajstić information content (AvgIpc) is 2.64. The summed E-state index contributed by atoms with van der Waals surface area (Å²) in [4.78, 5) is 29.1. The van der Waals surface area contributed by atoms with Crippen LogP contribution in [0.15, 0.2) is 23.0 Å². The van der Waals surface area contributed by atoms with Crippen LogP contribution in [-0.2, 0) is 11.2 Å². The molecule has 2 aromatic rings. The van der Waals surface area contributed by atoms with E-state index in [1.54, 1.807) is 0 Å². The number of nitrogens with zero attached hydrogens (tertiary/aromatic N) is 1. The minimum Gasteiger partial charge on any atom is -0.369 e. The standard InChI is InChI=1S/C12H16N4O2/c1-16(7-11(13)17)5-4-8-2-3-9-10(6-8)15-12(18)14-9/h2-3,6H,4-5,7H2,1H3,(H2,13,17)(H2,14,15,18). The van der Waals surface area contributed by atoms with Crippen molar-refractivity contribution in [1.29, 1.82) is 0 Å². The summed E-state index contributed by atoms with van der Waals surface area (Å²) >= 11 is 0. The zero-order chi connectivity index (χ0) is 13.1. The van der Waals surface area contributed by atoms with Gasteiger partial charge in [-0.2, -0.15) is 0 Å². The van der Waals surface area contributed by atoms with Gasteiger partial charge in [-0.15, -0.1) is 0 Å². The van der Waals surface area contributed by atoms with Crippen molar-refractivity contribution in [3.05, 3.63) is 34.2 Å². The van der Waals surface area contributed by atoms with Gasteiger partial charge in [0.25, 0.3) is 0 Å². The number of aromatic amines is 2. The van der Waals surface area contributed by atoms with Crippen molar-refractivity contribution in [3.63, 3.8) is 0 Å². The quantitative estimate of drug-likeness (QED) is 0.684. The second-order valence-corrected chi connectivity index (χ2v) is 4.41. The molecule has 0 saturated heterocycles. The maximum absolute atomic E-state index is 11.1. The molecule has 1 amide bonds. The minimum absolute atomic E-state index is 0.201. The molecule has 0 radical (unpaired) electrons. The van der Waals surface area contributed by atoms with Gasteiger partial charge < -0.3 is 15.7 Å². The lowest BCUT2D eigenvalue weighted by molar-refractivity contribution is -0.118. The van der Waals surface area contributed by atoms with Crippen molar-refractivity contribution in [2.45, 2.75) is 6.42 Å². The van der Waals surface area contributed by atoms with Gasteiger partial charge in [0.15, 0.2) is 0 Å². The molecule has 6 nitrogen and oxygen atoms in total. The fourth-order valence-electron chi connectivity index (χ4n) is 1.90. The molecule has 0 aliphatic heterocycles. The van der Waals surface area contributed by atoms with Crippen molar-refractivity contribution < 1.29 is 4.79 Å². The van der Waals surface area contributed by atoms with Crippen LogP contribution in [-0.4, -0.2) is 40.9 Å². The number of H-pyrrole nitrogens is 2. The molecule has 6 heteroatoms. The normalized spacial score (nSPS) is 11.2. The lowest BCUT2D eigenvalue weighted by atomic mass is 10.1. The second-order valence-electron chi connectivity index (χ2n) is 4.41. The van der Waals surface area contributed by atoms with Crippen molar-refractivity contribution >= 4 is 16.9 Å². The van der Waals surface area contributed by atoms with Crippen LogP contribution in [0.1, 0.15) is 5.56 Å². The largest absolute Gasteiger partial charge is 0.369 e. The molecule has 0 bridgehead atoms. The third kappa shape index (κ3) is 2.98. The van der Waals surface area contributed by atoms with Crippen LogP contribution in [0.2, 0.25) is 0 Å². The van der Waals surface area contributed by atoms with E-state index in [0.29, 0.717) is 0 Å². The number of likely N-dealkylation sites (N-methyl/N-ethyl adjacent to an activating group) is 1. The molecule has 0 fully saturated rings. The summed E-state index contributed by atoms with van der Waals surface area (Å²) < 4.78 is 0. The summed E-state index contributed by atoms with van der Waals surface area (Å²) in [5, 5.41) is 0. The Hall–Kier alpha value is -2.08. The molecule has 0 saturated carbocycles. The number of nitrogens with two attached hydrogens (primary N) is 1. The summed E-state index contributed by atoms with van der Waals surface area (Å²) in [6.45, 7) is 0.992. The predicted molar refractivity (Wildman–Crippen MR) is 69.3 cm³/mol. The van der Waals surface area contributed by atoms with Gasteiger partial charge in [0, 0.05) is 6.54 Å². The number of fused-ring (bicyclic) bond motifs is 1. The number of hydrogen-bond acceptors (Lipinski definition) is 3. The van der Waals surface area contributed by atoms with Gasteiger partial charge >= 0.3 is 5.69 Å². The Morgan fingerprint density at radius 1 is 1.33 bits per heavy atom. The van der Waals surface area contributed by atoms with Crippen molar-refractivity contribution in [3.8, 4) is 0 Å². The molecule has 0 unspecified atom stereocenters. The second kappa shape index (κ2) is 5.05. The number of rotatable bonds is 5. The summed E-state index contributed by atoms with van der Waals surface area (Å²) in [5.41, 5.74) is 7.62. The van der Waals surface area contributed by atoms with Crippen molar-refractivity contribution in [2.24, 2.45) is 5.73 Å². The van der Waals surface area contributed by atoms with Gasteiger partial charge in [0.1, 0.15) is 0 Å². The van der Waals surface area contributed by atoms with Gasteiger partial charge in [-0.1, -0.05) is 6.07 Å². The van der Waals surface area contributed by atoms with E-state index in [-0.39, 0.29) is 18.1 Å². The molecule has 96 valence electrons. The van der Waals surface area contributed by atoms with Crippen molar-refractivity contribution in [1.82, 2.24) is 14.9 Å². The minimum atomic E-state index is -0.331. The van der Waals surface area contributed by atoms with Crippen LogP contribution >= 0.6 is 0 Å². The van der Waals surface area contributed by atoms with Crippen LogP contribution in [0.25, 0.3) is 11.0 Å². The molecule has 1 heterocycles. The van der Waals surface area contributed by atoms with Gasteiger partial charge in [-0.25, -0.2) is 4.79 Å². The summed E-state index contributed by atoms with van der Waals surface area (Å²) in [5.74, 6) is -0.331. The highest BCUT2D eigenvalue weighted by Crippen LogP contribution is 2.10. The average molecular weight is 248 g/mol. The van der Waals surface area contributed by atoms with E-state index in [9.17, 15) is 9.59 Å². The first-order chi connectivity index (χ1) is 8.54. The fraction of sp³-hybridized carbons (Fsp3) is 0.333. The maximum atomic E-state index is 11.1. The molecule has 1 aromatic carbocycles. The van der Waals surface area contributed by atoms with Crippen LogP contribution in [0, 0.1) is 0 Å². The zero-order valence-electron chi connectivity index (χ0n) is 10.2. The summed E-state index contributed by atoms with van der Waals surface area (Å²) in [7, 11) is 1.85. The zero-order valence-corrected chi connectivity index (χ0v) is 10.2. The fourth-order valence-corrected chi connectivity index (χ4v) is 1.90. The molecular weight excluding hydrogens is 232 g/mol. The molecule has 0 aliphatic carbocycles. The van der Waals surface area contributed by atoms with Crippen molar-refractivity contribution in [2.75, 3.05) is 20.1 Å². The molecule has 0 aliphatic rings. The lowest BCUT2D eigenvalue weighted by Crippen LogP contribution is -2.32. The van der Waals surface area contributed by atoms with E-state index < -0.39 is 0 Å². The van der Waals surface area contributed by atoms with Gasteiger partial charge in [0.2, 0.25) is 5.91 Å². The van der Waals surface area contributed by atoms with Crippen LogP contribution < -0.4 is 11.4 Å². The molecule has 0 atom stereocenters. The number of nitrogens with one attached hydrogen (secondary N) is 2. The maximum Gasteiger partial charge on any atom is 0.323 e. The molecule has 0 spiro atoms. The number of primary amides is 1. The third-order valence-corrected chi connectivity index (χ3v) is 2.79. The Kier molecular flexibility index (Phi) is 3.47. The number of aromatic nitrogens is 2. The predicted octanol–water partition coefficient (Wildman–Crippen LogP) is -0.184. The smallest absolute Gasteiger partial charge is 0.323 e. The van der Waals surface area contributed by atoms with E-state index >= 15 is 0 Å². The third-order valence-electron chi connectivity index (χ3n) is 2.79. The highest BCUT2D eigenvalue weighted by Gasteiger charge is 2.04. The summed E-state index contributed by atoms with van der Waals surface area (Å²) in [6.07, 6.45) is 0.799. The number of hydrogen-bond donors (Lipinski definition) is 3. The van der Waals surface area contributed by atoms with Crippen LogP contribution in [0.5, 0.6) is 0 Å². The Morgan fingerprint density at radius 2 is 2.06 bits per heavy atom. The Bertz CT molecular complexity index is 614.